The quantitative estimate of drug-likeness (QED) is 0.832. The van der Waals surface area contributed by atoms with Crippen LogP contribution >= 0.6 is 11.3 Å². The zero-order valence-corrected chi connectivity index (χ0v) is 12.0. The standard InChI is InChI=1S/C16H21NS/c1-11(2)9-17-10-15-16(12-7-8-12)13-5-3-4-6-14(13)18-15/h3-6,11-12,17H,7-10H2,1-2H3. The maximum Gasteiger partial charge on any atom is 0.0349 e. The van der Waals surface area contributed by atoms with Crippen molar-refractivity contribution in [1.82, 2.24) is 5.32 Å². The molecule has 1 nitrogen and oxygen atoms in total. The summed E-state index contributed by atoms with van der Waals surface area (Å²) in [5.41, 5.74) is 1.65. The fourth-order valence-corrected chi connectivity index (χ4v) is 3.80. The number of hydrogen-bond acceptors (Lipinski definition) is 2. The molecule has 0 bridgehead atoms. The van der Waals surface area contributed by atoms with Gasteiger partial charge >= 0.3 is 0 Å². The Morgan fingerprint density at radius 3 is 2.78 bits per heavy atom. The van der Waals surface area contributed by atoms with Gasteiger partial charge in [0.15, 0.2) is 0 Å². The lowest BCUT2D eigenvalue weighted by Gasteiger charge is -2.07. The van der Waals surface area contributed by atoms with Gasteiger partial charge in [-0.15, -0.1) is 11.3 Å². The fraction of sp³-hybridized carbons (Fsp3) is 0.500. The van der Waals surface area contributed by atoms with E-state index in [4.69, 9.17) is 0 Å². The summed E-state index contributed by atoms with van der Waals surface area (Å²) in [4.78, 5) is 1.57. The van der Waals surface area contributed by atoms with E-state index in [1.165, 1.54) is 22.9 Å². The smallest absolute Gasteiger partial charge is 0.0349 e. The number of rotatable bonds is 5. The first-order valence-corrected chi connectivity index (χ1v) is 7.78. The molecule has 96 valence electrons. The van der Waals surface area contributed by atoms with E-state index in [-0.39, 0.29) is 0 Å². The van der Waals surface area contributed by atoms with Gasteiger partial charge in [0.25, 0.3) is 0 Å². The van der Waals surface area contributed by atoms with Crippen LogP contribution in [-0.2, 0) is 6.54 Å². The van der Waals surface area contributed by atoms with Crippen molar-refractivity contribution < 1.29 is 0 Å². The maximum absolute atomic E-state index is 3.60. The van der Waals surface area contributed by atoms with Crippen LogP contribution in [0.15, 0.2) is 24.3 Å². The molecule has 0 atom stereocenters. The van der Waals surface area contributed by atoms with Crippen LogP contribution in [0.25, 0.3) is 10.1 Å². The van der Waals surface area contributed by atoms with Gasteiger partial charge in [0.05, 0.1) is 0 Å². The number of hydrogen-bond donors (Lipinski definition) is 1. The second-order valence-electron chi connectivity index (χ2n) is 5.73. The third-order valence-corrected chi connectivity index (χ3v) is 4.72. The molecule has 1 aromatic heterocycles. The van der Waals surface area contributed by atoms with Crippen molar-refractivity contribution in [1.29, 1.82) is 0 Å². The Morgan fingerprint density at radius 2 is 2.06 bits per heavy atom. The van der Waals surface area contributed by atoms with Gasteiger partial charge < -0.3 is 5.32 Å². The molecule has 2 aromatic rings. The lowest BCUT2D eigenvalue weighted by Crippen LogP contribution is -2.18. The average Bonchev–Trinajstić information content (AvgIpc) is 3.10. The molecule has 0 aliphatic heterocycles. The summed E-state index contributed by atoms with van der Waals surface area (Å²) in [7, 11) is 0. The Morgan fingerprint density at radius 1 is 1.28 bits per heavy atom. The Bertz CT molecular complexity index is 537. The van der Waals surface area contributed by atoms with Crippen LogP contribution in [0, 0.1) is 5.92 Å². The van der Waals surface area contributed by atoms with Gasteiger partial charge in [0.1, 0.15) is 0 Å². The molecule has 1 fully saturated rings. The minimum absolute atomic E-state index is 0.726. The normalized spacial score (nSPS) is 15.7. The van der Waals surface area contributed by atoms with E-state index in [9.17, 15) is 0 Å². The van der Waals surface area contributed by atoms with Gasteiger partial charge in [0, 0.05) is 16.1 Å². The van der Waals surface area contributed by atoms with Crippen LogP contribution in [0.3, 0.4) is 0 Å². The predicted molar refractivity (Wildman–Crippen MR) is 80.3 cm³/mol. The van der Waals surface area contributed by atoms with E-state index in [0.29, 0.717) is 0 Å². The Kier molecular flexibility index (Phi) is 3.40. The second kappa shape index (κ2) is 5.02. The van der Waals surface area contributed by atoms with Crippen molar-refractivity contribution in [2.75, 3.05) is 6.54 Å². The highest BCUT2D eigenvalue weighted by molar-refractivity contribution is 7.19. The number of benzene rings is 1. The van der Waals surface area contributed by atoms with Gasteiger partial charge in [-0.3, -0.25) is 0 Å². The summed E-state index contributed by atoms with van der Waals surface area (Å²) in [5.74, 6) is 1.57. The summed E-state index contributed by atoms with van der Waals surface area (Å²) in [6.07, 6.45) is 2.77. The van der Waals surface area contributed by atoms with Crippen molar-refractivity contribution >= 4 is 21.4 Å². The van der Waals surface area contributed by atoms with Gasteiger partial charge in [-0.1, -0.05) is 32.0 Å². The monoisotopic (exact) mass is 259 g/mol. The van der Waals surface area contributed by atoms with Crippen molar-refractivity contribution in [3.63, 3.8) is 0 Å². The molecule has 2 heteroatoms. The molecule has 0 spiro atoms. The van der Waals surface area contributed by atoms with Gasteiger partial charge in [-0.25, -0.2) is 0 Å². The fourth-order valence-electron chi connectivity index (χ4n) is 2.54. The molecule has 18 heavy (non-hydrogen) atoms. The maximum atomic E-state index is 3.60. The highest BCUT2D eigenvalue weighted by Gasteiger charge is 2.29. The number of nitrogens with one attached hydrogen (secondary N) is 1. The Hall–Kier alpha value is -0.860. The first-order chi connectivity index (χ1) is 8.75. The lowest BCUT2D eigenvalue weighted by molar-refractivity contribution is 0.554. The lowest BCUT2D eigenvalue weighted by atomic mass is 10.1. The SMILES string of the molecule is CC(C)CNCc1sc2ccccc2c1C1CC1. The van der Waals surface area contributed by atoms with Crippen molar-refractivity contribution in [3.8, 4) is 0 Å². The zero-order chi connectivity index (χ0) is 12.5. The molecule has 0 amide bonds. The Labute approximate surface area is 113 Å². The van der Waals surface area contributed by atoms with E-state index in [0.717, 1.165) is 24.9 Å². The number of thiophene rings is 1. The van der Waals surface area contributed by atoms with E-state index in [1.807, 2.05) is 11.3 Å². The van der Waals surface area contributed by atoms with Crippen LogP contribution in [0.4, 0.5) is 0 Å². The summed E-state index contributed by atoms with van der Waals surface area (Å²) in [6, 6.07) is 8.89. The van der Waals surface area contributed by atoms with E-state index >= 15 is 0 Å². The van der Waals surface area contributed by atoms with Gasteiger partial charge in [0.2, 0.25) is 0 Å². The van der Waals surface area contributed by atoms with E-state index in [2.05, 4.69) is 43.4 Å². The third kappa shape index (κ3) is 2.45. The van der Waals surface area contributed by atoms with Crippen LogP contribution in [0.2, 0.25) is 0 Å². The minimum atomic E-state index is 0.726. The Balaban J connectivity index is 1.88. The predicted octanol–water partition coefficient (Wildman–Crippen LogP) is 4.52. The summed E-state index contributed by atoms with van der Waals surface area (Å²) in [6.45, 7) is 6.68. The van der Waals surface area contributed by atoms with E-state index < -0.39 is 0 Å². The summed E-state index contributed by atoms with van der Waals surface area (Å²) in [5, 5.41) is 5.10. The molecule has 1 aliphatic rings. The molecular weight excluding hydrogens is 238 g/mol. The average molecular weight is 259 g/mol. The first kappa shape index (κ1) is 12.2. The van der Waals surface area contributed by atoms with Crippen LogP contribution in [0.1, 0.15) is 43.0 Å². The van der Waals surface area contributed by atoms with Gasteiger partial charge in [-0.05, 0) is 48.2 Å². The molecule has 3 rings (SSSR count). The summed E-state index contributed by atoms with van der Waals surface area (Å²) < 4.78 is 1.46. The van der Waals surface area contributed by atoms with Crippen LogP contribution in [0.5, 0.6) is 0 Å². The topological polar surface area (TPSA) is 12.0 Å². The highest BCUT2D eigenvalue weighted by Crippen LogP contribution is 2.47. The molecule has 0 unspecified atom stereocenters. The van der Waals surface area contributed by atoms with E-state index in [1.54, 1.807) is 10.4 Å². The molecular formula is C16H21NS. The second-order valence-corrected chi connectivity index (χ2v) is 6.87. The molecule has 1 N–H and O–H groups in total. The van der Waals surface area contributed by atoms with Crippen molar-refractivity contribution in [2.24, 2.45) is 5.92 Å². The molecule has 1 aliphatic carbocycles. The molecule has 0 radical (unpaired) electrons. The van der Waals surface area contributed by atoms with Crippen molar-refractivity contribution in [3.05, 3.63) is 34.7 Å². The van der Waals surface area contributed by atoms with Crippen molar-refractivity contribution in [2.45, 2.75) is 39.2 Å². The number of fused-ring (bicyclic) bond motifs is 1. The minimum Gasteiger partial charge on any atom is -0.312 e. The first-order valence-electron chi connectivity index (χ1n) is 6.96. The molecule has 1 saturated carbocycles. The van der Waals surface area contributed by atoms with Gasteiger partial charge in [-0.2, -0.15) is 0 Å². The molecule has 0 saturated heterocycles. The molecule has 1 aromatic carbocycles. The zero-order valence-electron chi connectivity index (χ0n) is 11.2. The highest BCUT2D eigenvalue weighted by atomic mass is 32.1. The third-order valence-electron chi connectivity index (χ3n) is 3.53. The largest absolute Gasteiger partial charge is 0.312 e. The van der Waals surface area contributed by atoms with Crippen LogP contribution in [-0.4, -0.2) is 6.54 Å². The summed E-state index contributed by atoms with van der Waals surface area (Å²) >= 11 is 1.98. The molecule has 1 heterocycles. The van der Waals surface area contributed by atoms with Crippen LogP contribution < -0.4 is 5.32 Å².